The van der Waals surface area contributed by atoms with Gasteiger partial charge >= 0.3 is 0 Å². The normalized spacial score (nSPS) is 14.3. The van der Waals surface area contributed by atoms with E-state index in [9.17, 15) is 0 Å². The summed E-state index contributed by atoms with van der Waals surface area (Å²) >= 11 is 5.96. The van der Waals surface area contributed by atoms with Crippen LogP contribution in [0.15, 0.2) is 48.7 Å². The maximum atomic E-state index is 5.96. The van der Waals surface area contributed by atoms with Crippen LogP contribution < -0.4 is 0 Å². The highest BCUT2D eigenvalue weighted by Crippen LogP contribution is 2.23. The van der Waals surface area contributed by atoms with Gasteiger partial charge in [-0.3, -0.25) is 9.88 Å². The lowest BCUT2D eigenvalue weighted by atomic mass is 10.1. The molecular weight excluding hydrogens is 332 g/mol. The lowest BCUT2D eigenvalue weighted by molar-refractivity contribution is 0.240. The molecule has 126 valence electrons. The molecule has 3 aromatic rings. The van der Waals surface area contributed by atoms with Gasteiger partial charge in [-0.2, -0.15) is 0 Å². The zero-order chi connectivity index (χ0) is 17.2. The lowest BCUT2D eigenvalue weighted by Gasteiger charge is -2.27. The topological polar surface area (TPSA) is 41.9 Å². The summed E-state index contributed by atoms with van der Waals surface area (Å²) < 4.78 is 0. The number of halogens is 1. The first-order valence-electron chi connectivity index (χ1n) is 8.43. The fourth-order valence-electron chi connectivity index (χ4n) is 3.16. The molecule has 1 aliphatic rings. The SMILES string of the molecule is Cc1cccc(CN2CCc3nc(-c4ccc(Cl)cc4)ncc3C2)n1. The molecule has 4 nitrogen and oxygen atoms in total. The summed E-state index contributed by atoms with van der Waals surface area (Å²) in [7, 11) is 0. The van der Waals surface area contributed by atoms with E-state index >= 15 is 0 Å². The van der Waals surface area contributed by atoms with Gasteiger partial charge in [0.1, 0.15) is 0 Å². The van der Waals surface area contributed by atoms with Gasteiger partial charge in [0.25, 0.3) is 0 Å². The van der Waals surface area contributed by atoms with E-state index in [0.29, 0.717) is 0 Å². The molecule has 3 heterocycles. The second kappa shape index (κ2) is 6.90. The van der Waals surface area contributed by atoms with Crippen LogP contribution in [0.4, 0.5) is 0 Å². The molecule has 0 unspecified atom stereocenters. The summed E-state index contributed by atoms with van der Waals surface area (Å²) in [5.74, 6) is 0.768. The van der Waals surface area contributed by atoms with Crippen LogP contribution in [0.2, 0.25) is 5.02 Å². The van der Waals surface area contributed by atoms with Crippen molar-refractivity contribution in [2.24, 2.45) is 0 Å². The van der Waals surface area contributed by atoms with Crippen molar-refractivity contribution in [3.05, 3.63) is 76.3 Å². The number of nitrogens with zero attached hydrogens (tertiary/aromatic N) is 4. The molecule has 1 aliphatic heterocycles. The average molecular weight is 351 g/mol. The Balaban J connectivity index is 1.51. The minimum Gasteiger partial charge on any atom is -0.293 e. The molecule has 4 rings (SSSR count). The summed E-state index contributed by atoms with van der Waals surface area (Å²) in [5.41, 5.74) is 5.52. The van der Waals surface area contributed by atoms with Crippen LogP contribution in [0.5, 0.6) is 0 Å². The van der Waals surface area contributed by atoms with Gasteiger partial charge < -0.3 is 0 Å². The summed E-state index contributed by atoms with van der Waals surface area (Å²) in [5, 5.41) is 0.724. The zero-order valence-corrected chi connectivity index (χ0v) is 14.9. The first-order chi connectivity index (χ1) is 12.2. The van der Waals surface area contributed by atoms with Crippen molar-refractivity contribution in [3.8, 4) is 11.4 Å². The Morgan fingerprint density at radius 2 is 1.92 bits per heavy atom. The molecule has 0 saturated heterocycles. The Kier molecular flexibility index (Phi) is 4.47. The first kappa shape index (κ1) is 16.2. The highest BCUT2D eigenvalue weighted by molar-refractivity contribution is 6.30. The Morgan fingerprint density at radius 1 is 1.08 bits per heavy atom. The van der Waals surface area contributed by atoms with Crippen LogP contribution in [0.25, 0.3) is 11.4 Å². The molecule has 0 saturated carbocycles. The van der Waals surface area contributed by atoms with Gasteiger partial charge in [-0.1, -0.05) is 17.7 Å². The van der Waals surface area contributed by atoms with E-state index in [1.807, 2.05) is 43.5 Å². The van der Waals surface area contributed by atoms with Crippen LogP contribution in [0, 0.1) is 6.92 Å². The molecule has 0 amide bonds. The number of hydrogen-bond donors (Lipinski definition) is 0. The third kappa shape index (κ3) is 3.70. The molecule has 0 atom stereocenters. The first-order valence-corrected chi connectivity index (χ1v) is 8.81. The minimum absolute atomic E-state index is 0.724. The monoisotopic (exact) mass is 350 g/mol. The molecule has 0 radical (unpaired) electrons. The molecule has 0 bridgehead atoms. The molecule has 5 heteroatoms. The van der Waals surface area contributed by atoms with E-state index in [0.717, 1.165) is 59.5 Å². The Bertz CT molecular complexity index is 892. The van der Waals surface area contributed by atoms with Crippen LogP contribution in [0.1, 0.15) is 22.6 Å². The van der Waals surface area contributed by atoms with Crippen molar-refractivity contribution in [2.45, 2.75) is 26.4 Å². The predicted molar refractivity (Wildman–Crippen MR) is 99.3 cm³/mol. The minimum atomic E-state index is 0.724. The van der Waals surface area contributed by atoms with Gasteiger partial charge in [0.05, 0.1) is 11.4 Å². The highest BCUT2D eigenvalue weighted by Gasteiger charge is 2.19. The molecular formula is C20H19ClN4. The number of benzene rings is 1. The van der Waals surface area contributed by atoms with Crippen molar-refractivity contribution in [3.63, 3.8) is 0 Å². The van der Waals surface area contributed by atoms with Crippen LogP contribution in [-0.2, 0) is 19.5 Å². The van der Waals surface area contributed by atoms with Gasteiger partial charge in [-0.05, 0) is 43.3 Å². The van der Waals surface area contributed by atoms with Crippen LogP contribution >= 0.6 is 11.6 Å². The summed E-state index contributed by atoms with van der Waals surface area (Å²) in [6, 6.07) is 13.8. The standard InChI is InChI=1S/C20H19ClN4/c1-14-3-2-4-18(23-14)13-25-10-9-19-16(12-25)11-22-20(24-19)15-5-7-17(21)8-6-15/h2-8,11H,9-10,12-13H2,1H3. The van der Waals surface area contributed by atoms with Gasteiger partial charge in [-0.25, -0.2) is 9.97 Å². The highest BCUT2D eigenvalue weighted by atomic mass is 35.5. The largest absolute Gasteiger partial charge is 0.293 e. The summed E-state index contributed by atoms with van der Waals surface area (Å²) in [6.45, 7) is 4.74. The van der Waals surface area contributed by atoms with Gasteiger partial charge in [-0.15, -0.1) is 0 Å². The average Bonchev–Trinajstić information content (AvgIpc) is 2.62. The number of rotatable bonds is 3. The van der Waals surface area contributed by atoms with E-state index in [4.69, 9.17) is 16.6 Å². The molecule has 1 aromatic carbocycles. The summed E-state index contributed by atoms with van der Waals surface area (Å²) in [6.07, 6.45) is 2.90. The van der Waals surface area contributed by atoms with Crippen LogP contribution in [-0.4, -0.2) is 26.4 Å². The molecule has 0 aliphatic carbocycles. The maximum Gasteiger partial charge on any atom is 0.159 e. The lowest BCUT2D eigenvalue weighted by Crippen LogP contribution is -2.31. The van der Waals surface area contributed by atoms with Crippen LogP contribution in [0.3, 0.4) is 0 Å². The van der Waals surface area contributed by atoms with Crippen molar-refractivity contribution < 1.29 is 0 Å². The maximum absolute atomic E-state index is 5.96. The van der Waals surface area contributed by atoms with E-state index in [1.54, 1.807) is 0 Å². The smallest absolute Gasteiger partial charge is 0.159 e. The predicted octanol–water partition coefficient (Wildman–Crippen LogP) is 4.06. The van der Waals surface area contributed by atoms with E-state index in [2.05, 4.69) is 27.0 Å². The van der Waals surface area contributed by atoms with E-state index in [1.165, 1.54) is 5.56 Å². The number of aromatic nitrogens is 3. The third-order valence-corrected chi connectivity index (χ3v) is 4.70. The zero-order valence-electron chi connectivity index (χ0n) is 14.1. The van der Waals surface area contributed by atoms with E-state index < -0.39 is 0 Å². The fraction of sp³-hybridized carbons (Fsp3) is 0.250. The number of fused-ring (bicyclic) bond motifs is 1. The second-order valence-electron chi connectivity index (χ2n) is 6.40. The second-order valence-corrected chi connectivity index (χ2v) is 6.84. The quantitative estimate of drug-likeness (QED) is 0.714. The molecule has 25 heavy (non-hydrogen) atoms. The Morgan fingerprint density at radius 3 is 2.72 bits per heavy atom. The fourth-order valence-corrected chi connectivity index (χ4v) is 3.29. The van der Waals surface area contributed by atoms with Crippen molar-refractivity contribution >= 4 is 11.6 Å². The van der Waals surface area contributed by atoms with Crippen molar-refractivity contribution in [2.75, 3.05) is 6.54 Å². The Labute approximate surface area is 152 Å². The van der Waals surface area contributed by atoms with Crippen molar-refractivity contribution in [1.82, 2.24) is 19.9 Å². The molecule has 0 N–H and O–H groups in total. The molecule has 0 spiro atoms. The van der Waals surface area contributed by atoms with Gasteiger partial charge in [0.15, 0.2) is 5.82 Å². The van der Waals surface area contributed by atoms with Gasteiger partial charge in [0.2, 0.25) is 0 Å². The summed E-state index contributed by atoms with van der Waals surface area (Å²) in [4.78, 5) is 16.3. The van der Waals surface area contributed by atoms with Gasteiger partial charge in [0, 0.05) is 54.1 Å². The molecule has 0 fully saturated rings. The number of aryl methyl sites for hydroxylation is 1. The third-order valence-electron chi connectivity index (χ3n) is 4.45. The molecule has 2 aromatic heterocycles. The number of pyridine rings is 1. The number of hydrogen-bond acceptors (Lipinski definition) is 4. The Hall–Kier alpha value is -2.30. The van der Waals surface area contributed by atoms with Crippen molar-refractivity contribution in [1.29, 1.82) is 0 Å². The van der Waals surface area contributed by atoms with E-state index in [-0.39, 0.29) is 0 Å².